The molecule has 1 heterocycles. The van der Waals surface area contributed by atoms with Crippen molar-refractivity contribution in [2.75, 3.05) is 38.5 Å². The van der Waals surface area contributed by atoms with E-state index in [4.69, 9.17) is 14.2 Å². The van der Waals surface area contributed by atoms with E-state index in [1.54, 1.807) is 21.3 Å². The van der Waals surface area contributed by atoms with Crippen molar-refractivity contribution in [3.63, 3.8) is 0 Å². The summed E-state index contributed by atoms with van der Waals surface area (Å²) >= 11 is 0. The number of hydrogen-bond donors (Lipinski definition) is 2. The Morgan fingerprint density at radius 2 is 1.64 bits per heavy atom. The Kier molecular flexibility index (Phi) is 6.51. The number of rotatable bonds is 9. The van der Waals surface area contributed by atoms with Crippen LogP contribution in [0.5, 0.6) is 17.2 Å². The second kappa shape index (κ2) is 9.45. The van der Waals surface area contributed by atoms with Crippen molar-refractivity contribution in [2.24, 2.45) is 0 Å². The lowest BCUT2D eigenvalue weighted by Gasteiger charge is -2.11. The first-order valence-electron chi connectivity index (χ1n) is 8.89. The Bertz CT molecular complexity index is 918. The van der Waals surface area contributed by atoms with E-state index < -0.39 is 0 Å². The molecule has 1 aromatic heterocycles. The highest BCUT2D eigenvalue weighted by atomic mass is 16.5. The van der Waals surface area contributed by atoms with Gasteiger partial charge in [-0.25, -0.2) is 9.97 Å². The number of anilines is 3. The minimum Gasteiger partial charge on any atom is -0.497 e. The predicted molar refractivity (Wildman–Crippen MR) is 110 cm³/mol. The molecule has 2 aromatic carbocycles. The molecule has 0 aliphatic heterocycles. The fourth-order valence-electron chi connectivity index (χ4n) is 2.74. The number of hydrogen-bond acceptors (Lipinski definition) is 7. The van der Waals surface area contributed by atoms with E-state index in [1.165, 1.54) is 6.33 Å². The van der Waals surface area contributed by atoms with Gasteiger partial charge in [-0.1, -0.05) is 12.1 Å². The largest absolute Gasteiger partial charge is 0.497 e. The van der Waals surface area contributed by atoms with E-state index in [1.807, 2.05) is 48.5 Å². The van der Waals surface area contributed by atoms with Gasteiger partial charge in [0.25, 0.3) is 0 Å². The summed E-state index contributed by atoms with van der Waals surface area (Å²) < 4.78 is 15.9. The molecule has 0 aliphatic rings. The summed E-state index contributed by atoms with van der Waals surface area (Å²) in [5, 5.41) is 6.57. The van der Waals surface area contributed by atoms with Crippen molar-refractivity contribution >= 4 is 17.3 Å². The Balaban J connectivity index is 1.59. The highest BCUT2D eigenvalue weighted by Gasteiger charge is 2.05. The molecule has 0 radical (unpaired) electrons. The Morgan fingerprint density at radius 1 is 0.821 bits per heavy atom. The average molecular weight is 380 g/mol. The maximum Gasteiger partial charge on any atom is 0.160 e. The normalized spacial score (nSPS) is 10.2. The van der Waals surface area contributed by atoms with Gasteiger partial charge in [0.15, 0.2) is 11.5 Å². The van der Waals surface area contributed by atoms with Gasteiger partial charge >= 0.3 is 0 Å². The summed E-state index contributed by atoms with van der Waals surface area (Å²) in [6.45, 7) is 0.727. The summed E-state index contributed by atoms with van der Waals surface area (Å²) in [7, 11) is 4.91. The van der Waals surface area contributed by atoms with Crippen LogP contribution in [0.25, 0.3) is 0 Å². The average Bonchev–Trinajstić information content (AvgIpc) is 2.74. The van der Waals surface area contributed by atoms with Crippen LogP contribution in [0.15, 0.2) is 54.9 Å². The zero-order valence-electron chi connectivity index (χ0n) is 16.2. The van der Waals surface area contributed by atoms with Gasteiger partial charge in [0.05, 0.1) is 21.3 Å². The molecule has 3 rings (SSSR count). The van der Waals surface area contributed by atoms with Crippen LogP contribution >= 0.6 is 0 Å². The van der Waals surface area contributed by atoms with Crippen LogP contribution in [-0.2, 0) is 6.42 Å². The van der Waals surface area contributed by atoms with Gasteiger partial charge in [0.1, 0.15) is 23.7 Å². The molecule has 0 bridgehead atoms. The monoisotopic (exact) mass is 380 g/mol. The Labute approximate surface area is 164 Å². The minimum absolute atomic E-state index is 0.705. The molecule has 7 heteroatoms. The number of ether oxygens (including phenoxy) is 3. The quantitative estimate of drug-likeness (QED) is 0.583. The topological polar surface area (TPSA) is 77.5 Å². The summed E-state index contributed by atoms with van der Waals surface area (Å²) in [4.78, 5) is 8.54. The minimum atomic E-state index is 0.705. The van der Waals surface area contributed by atoms with Crippen LogP contribution in [0.2, 0.25) is 0 Å². The summed E-state index contributed by atoms with van der Waals surface area (Å²) in [5.74, 6) is 3.69. The fourth-order valence-corrected chi connectivity index (χ4v) is 2.74. The molecule has 0 saturated carbocycles. The third-order valence-corrected chi connectivity index (χ3v) is 4.18. The number of benzene rings is 2. The van der Waals surface area contributed by atoms with E-state index in [0.29, 0.717) is 5.82 Å². The first-order valence-corrected chi connectivity index (χ1v) is 8.89. The Morgan fingerprint density at radius 3 is 2.43 bits per heavy atom. The molecular formula is C21H24N4O3. The van der Waals surface area contributed by atoms with Crippen LogP contribution in [-0.4, -0.2) is 37.8 Å². The summed E-state index contributed by atoms with van der Waals surface area (Å²) in [6.07, 6.45) is 2.35. The van der Waals surface area contributed by atoms with Crippen LogP contribution < -0.4 is 24.8 Å². The zero-order valence-corrected chi connectivity index (χ0v) is 16.2. The summed E-state index contributed by atoms with van der Waals surface area (Å²) in [5.41, 5.74) is 2.04. The highest BCUT2D eigenvalue weighted by Crippen LogP contribution is 2.27. The van der Waals surface area contributed by atoms with Crippen LogP contribution in [0, 0.1) is 0 Å². The van der Waals surface area contributed by atoms with Crippen LogP contribution in [0.3, 0.4) is 0 Å². The number of aromatic nitrogens is 2. The lowest BCUT2D eigenvalue weighted by Crippen LogP contribution is -2.07. The smallest absolute Gasteiger partial charge is 0.160 e. The van der Waals surface area contributed by atoms with Gasteiger partial charge in [0, 0.05) is 24.4 Å². The molecule has 0 aliphatic carbocycles. The van der Waals surface area contributed by atoms with Crippen molar-refractivity contribution in [3.8, 4) is 17.2 Å². The van der Waals surface area contributed by atoms with E-state index >= 15 is 0 Å². The first kappa shape index (κ1) is 19.3. The standard InChI is InChI=1S/C21H24N4O3/c1-26-17-6-4-5-16(12-17)25-21-13-20(23-14-24-21)22-10-9-15-7-8-18(27-2)19(11-15)28-3/h4-8,11-14H,9-10H2,1-3H3,(H2,22,23,24,25). The predicted octanol–water partition coefficient (Wildman–Crippen LogP) is 3.90. The van der Waals surface area contributed by atoms with Gasteiger partial charge in [0.2, 0.25) is 0 Å². The number of nitrogens with one attached hydrogen (secondary N) is 2. The van der Waals surface area contributed by atoms with E-state index in [9.17, 15) is 0 Å². The lowest BCUT2D eigenvalue weighted by molar-refractivity contribution is 0.354. The van der Waals surface area contributed by atoms with Crippen LogP contribution in [0.1, 0.15) is 5.56 Å². The molecule has 0 spiro atoms. The molecule has 7 nitrogen and oxygen atoms in total. The van der Waals surface area contributed by atoms with Crippen molar-refractivity contribution in [2.45, 2.75) is 6.42 Å². The van der Waals surface area contributed by atoms with Crippen molar-refractivity contribution in [3.05, 3.63) is 60.4 Å². The molecule has 0 atom stereocenters. The van der Waals surface area contributed by atoms with Gasteiger partial charge in [-0.3, -0.25) is 0 Å². The molecule has 0 amide bonds. The SMILES string of the molecule is COc1cccc(Nc2cc(NCCc3ccc(OC)c(OC)c3)ncn2)c1. The maximum atomic E-state index is 5.35. The number of nitrogens with zero attached hydrogens (tertiary/aromatic N) is 2. The van der Waals surface area contributed by atoms with Crippen molar-refractivity contribution < 1.29 is 14.2 Å². The van der Waals surface area contributed by atoms with Crippen LogP contribution in [0.4, 0.5) is 17.3 Å². The molecule has 2 N–H and O–H groups in total. The molecule has 146 valence electrons. The fraction of sp³-hybridized carbons (Fsp3) is 0.238. The Hall–Kier alpha value is -3.48. The molecule has 0 unspecified atom stereocenters. The third kappa shape index (κ3) is 5.03. The summed E-state index contributed by atoms with van der Waals surface area (Å²) in [6, 6.07) is 15.5. The molecular weight excluding hydrogens is 356 g/mol. The van der Waals surface area contributed by atoms with Gasteiger partial charge in [-0.15, -0.1) is 0 Å². The van der Waals surface area contributed by atoms with Crippen molar-refractivity contribution in [1.29, 1.82) is 0 Å². The molecule has 0 saturated heterocycles. The van der Waals surface area contributed by atoms with Gasteiger partial charge < -0.3 is 24.8 Å². The number of methoxy groups -OCH3 is 3. The highest BCUT2D eigenvalue weighted by molar-refractivity contribution is 5.60. The first-order chi connectivity index (χ1) is 13.7. The second-order valence-electron chi connectivity index (χ2n) is 6.01. The van der Waals surface area contributed by atoms with E-state index in [0.717, 1.165) is 47.3 Å². The van der Waals surface area contributed by atoms with Crippen molar-refractivity contribution in [1.82, 2.24) is 9.97 Å². The van der Waals surface area contributed by atoms with Gasteiger partial charge in [-0.05, 0) is 36.2 Å². The maximum absolute atomic E-state index is 5.35. The molecule has 28 heavy (non-hydrogen) atoms. The second-order valence-corrected chi connectivity index (χ2v) is 6.01. The molecule has 3 aromatic rings. The van der Waals surface area contributed by atoms with E-state index in [-0.39, 0.29) is 0 Å². The van der Waals surface area contributed by atoms with Gasteiger partial charge in [-0.2, -0.15) is 0 Å². The zero-order chi connectivity index (χ0) is 19.8. The van der Waals surface area contributed by atoms with E-state index in [2.05, 4.69) is 20.6 Å². The lowest BCUT2D eigenvalue weighted by atomic mass is 10.1. The third-order valence-electron chi connectivity index (χ3n) is 4.18. The molecule has 0 fully saturated rings.